The lowest BCUT2D eigenvalue weighted by atomic mass is 9.96. The topological polar surface area (TPSA) is 83.2 Å². The summed E-state index contributed by atoms with van der Waals surface area (Å²) in [5.74, 6) is -0.272. The Morgan fingerprint density at radius 3 is 2.83 bits per heavy atom. The molecule has 152 valence electrons. The zero-order chi connectivity index (χ0) is 20.5. The van der Waals surface area contributed by atoms with E-state index in [1.165, 1.54) is 11.2 Å². The Balaban J connectivity index is 1.79. The number of ether oxygens (including phenoxy) is 1. The molecule has 29 heavy (non-hydrogen) atoms. The summed E-state index contributed by atoms with van der Waals surface area (Å²) in [6.07, 6.45) is 3.24. The van der Waals surface area contributed by atoms with Gasteiger partial charge in [-0.15, -0.1) is 0 Å². The van der Waals surface area contributed by atoms with Crippen molar-refractivity contribution >= 4 is 17.4 Å². The molecule has 0 spiro atoms. The molecule has 1 saturated heterocycles. The molecular weight excluding hydrogens is 372 g/mol. The van der Waals surface area contributed by atoms with Gasteiger partial charge in [0.1, 0.15) is 23.3 Å². The van der Waals surface area contributed by atoms with Crippen molar-refractivity contribution in [2.75, 3.05) is 33.8 Å². The molecule has 2 aliphatic rings. The number of carbonyl (C=O) groups excluding carboxylic acids is 2. The van der Waals surface area contributed by atoms with E-state index >= 15 is 0 Å². The zero-order valence-electron chi connectivity index (χ0n) is 16.6. The van der Waals surface area contributed by atoms with E-state index in [2.05, 4.69) is 0 Å². The number of ketones is 1. The van der Waals surface area contributed by atoms with Crippen LogP contribution in [0.2, 0.25) is 0 Å². The highest BCUT2D eigenvalue weighted by Gasteiger charge is 2.47. The monoisotopic (exact) mass is 396 g/mol. The first-order chi connectivity index (χ1) is 14.0. The molecule has 1 atom stereocenters. The lowest BCUT2D eigenvalue weighted by Crippen LogP contribution is -2.35. The highest BCUT2D eigenvalue weighted by molar-refractivity contribution is 6.46. The zero-order valence-corrected chi connectivity index (χ0v) is 16.6. The number of Topliss-reactive ketones (excluding diaryl/α,β-unsaturated/α-hetero) is 1. The van der Waals surface area contributed by atoms with Crippen molar-refractivity contribution in [2.24, 2.45) is 0 Å². The van der Waals surface area contributed by atoms with Gasteiger partial charge in [-0.1, -0.05) is 0 Å². The maximum Gasteiger partial charge on any atom is 0.295 e. The van der Waals surface area contributed by atoms with Gasteiger partial charge in [0.2, 0.25) is 0 Å². The number of nitrogens with zero attached hydrogens (tertiary/aromatic N) is 2. The summed E-state index contributed by atoms with van der Waals surface area (Å²) < 4.78 is 11.2. The van der Waals surface area contributed by atoms with E-state index < -0.39 is 17.7 Å². The number of amides is 1. The largest absolute Gasteiger partial charge is 0.507 e. The minimum Gasteiger partial charge on any atom is -0.507 e. The molecule has 1 N–H and O–H groups in total. The van der Waals surface area contributed by atoms with Crippen LogP contribution in [0.5, 0.6) is 5.75 Å². The molecule has 2 aromatic rings. The molecule has 1 aromatic heterocycles. The second-order valence-corrected chi connectivity index (χ2v) is 7.59. The van der Waals surface area contributed by atoms with Gasteiger partial charge in [0.05, 0.1) is 18.4 Å². The van der Waals surface area contributed by atoms with E-state index in [1.807, 2.05) is 25.1 Å². The van der Waals surface area contributed by atoms with Crippen LogP contribution >= 0.6 is 0 Å². The summed E-state index contributed by atoms with van der Waals surface area (Å²) in [5.41, 5.74) is 1.54. The summed E-state index contributed by atoms with van der Waals surface area (Å²) in [4.78, 5) is 29.0. The summed E-state index contributed by atoms with van der Waals surface area (Å²) >= 11 is 0. The Labute approximate surface area is 169 Å². The summed E-state index contributed by atoms with van der Waals surface area (Å²) in [5, 5.41) is 11.1. The van der Waals surface area contributed by atoms with Gasteiger partial charge in [-0.3, -0.25) is 9.59 Å². The molecule has 7 heteroatoms. The van der Waals surface area contributed by atoms with Crippen LogP contribution in [0.25, 0.3) is 5.76 Å². The molecule has 0 bridgehead atoms. The number of furan rings is 1. The SMILES string of the molecule is CN(C)CCN1C(=O)C(=O)/C(=C(\O)c2ccc3c(c2)CCCO3)C1c1ccco1. The van der Waals surface area contributed by atoms with Crippen LogP contribution in [0.1, 0.15) is 29.3 Å². The fourth-order valence-corrected chi connectivity index (χ4v) is 3.82. The molecule has 3 heterocycles. The number of hydrogen-bond donors (Lipinski definition) is 1. The van der Waals surface area contributed by atoms with Gasteiger partial charge in [0.25, 0.3) is 11.7 Å². The predicted octanol–water partition coefficient (Wildman–Crippen LogP) is 2.59. The average Bonchev–Trinajstić information content (AvgIpc) is 3.33. The third-order valence-electron chi connectivity index (χ3n) is 5.32. The van der Waals surface area contributed by atoms with Crippen molar-refractivity contribution in [3.05, 3.63) is 59.1 Å². The number of likely N-dealkylation sites (tertiary alicyclic amines) is 1. The first kappa shape index (κ1) is 19.3. The second kappa shape index (κ2) is 7.75. The molecule has 1 amide bonds. The van der Waals surface area contributed by atoms with Crippen LogP contribution in [0.4, 0.5) is 0 Å². The number of aryl methyl sites for hydroxylation is 1. The summed E-state index contributed by atoms with van der Waals surface area (Å²) in [6, 6.07) is 8.01. The highest BCUT2D eigenvalue weighted by Crippen LogP contribution is 2.40. The van der Waals surface area contributed by atoms with E-state index in [0.29, 0.717) is 31.0 Å². The molecule has 0 radical (unpaired) electrons. The third kappa shape index (κ3) is 3.53. The molecule has 7 nitrogen and oxygen atoms in total. The minimum atomic E-state index is -0.753. The van der Waals surface area contributed by atoms with Crippen LogP contribution in [0, 0.1) is 0 Å². The predicted molar refractivity (Wildman–Crippen MR) is 107 cm³/mol. The number of fused-ring (bicyclic) bond motifs is 1. The van der Waals surface area contributed by atoms with E-state index in [9.17, 15) is 14.7 Å². The molecule has 0 aliphatic carbocycles. The summed E-state index contributed by atoms with van der Waals surface area (Å²) in [6.45, 7) is 1.60. The van der Waals surface area contributed by atoms with Crippen molar-refractivity contribution in [2.45, 2.75) is 18.9 Å². The van der Waals surface area contributed by atoms with Crippen LogP contribution < -0.4 is 4.74 Å². The standard InChI is InChI=1S/C22H24N2O5/c1-23(2)9-10-24-19(17-6-4-12-29-17)18(21(26)22(24)27)20(25)15-7-8-16-14(13-15)5-3-11-28-16/h4,6-8,12-13,19,25H,3,5,9-11H2,1-2H3/b20-18-. The summed E-state index contributed by atoms with van der Waals surface area (Å²) in [7, 11) is 3.79. The van der Waals surface area contributed by atoms with Gasteiger partial charge in [-0.05, 0) is 62.8 Å². The Hall–Kier alpha value is -3.06. The van der Waals surface area contributed by atoms with Crippen molar-refractivity contribution in [1.29, 1.82) is 0 Å². The van der Waals surface area contributed by atoms with Gasteiger partial charge in [-0.25, -0.2) is 0 Å². The quantitative estimate of drug-likeness (QED) is 0.475. The maximum atomic E-state index is 12.9. The second-order valence-electron chi connectivity index (χ2n) is 7.59. The Bertz CT molecular complexity index is 962. The van der Waals surface area contributed by atoms with Gasteiger partial charge in [0.15, 0.2) is 0 Å². The first-order valence-corrected chi connectivity index (χ1v) is 9.70. The number of hydrogen-bond acceptors (Lipinski definition) is 6. The smallest absolute Gasteiger partial charge is 0.295 e. The fraction of sp³-hybridized carbons (Fsp3) is 0.364. The van der Waals surface area contributed by atoms with Gasteiger partial charge < -0.3 is 24.1 Å². The van der Waals surface area contributed by atoms with Crippen LogP contribution in [-0.4, -0.2) is 60.4 Å². The number of likely N-dealkylation sites (N-methyl/N-ethyl adjacent to an activating group) is 1. The Morgan fingerprint density at radius 1 is 1.28 bits per heavy atom. The van der Waals surface area contributed by atoms with Crippen LogP contribution in [0.3, 0.4) is 0 Å². The van der Waals surface area contributed by atoms with Crippen molar-refractivity contribution in [3.63, 3.8) is 0 Å². The van der Waals surface area contributed by atoms with Gasteiger partial charge in [0, 0.05) is 18.7 Å². The van der Waals surface area contributed by atoms with Crippen LogP contribution in [0.15, 0.2) is 46.6 Å². The van der Waals surface area contributed by atoms with Crippen molar-refractivity contribution < 1.29 is 23.8 Å². The number of rotatable bonds is 5. The molecule has 1 aromatic carbocycles. The average molecular weight is 396 g/mol. The first-order valence-electron chi connectivity index (χ1n) is 9.70. The molecule has 2 aliphatic heterocycles. The lowest BCUT2D eigenvalue weighted by Gasteiger charge is -2.24. The van der Waals surface area contributed by atoms with E-state index in [0.717, 1.165) is 24.2 Å². The third-order valence-corrected chi connectivity index (χ3v) is 5.32. The molecule has 0 saturated carbocycles. The molecular formula is C22H24N2O5. The number of benzene rings is 1. The number of carbonyl (C=O) groups is 2. The Kier molecular flexibility index (Phi) is 5.15. The maximum absolute atomic E-state index is 12.9. The van der Waals surface area contributed by atoms with Gasteiger partial charge >= 0.3 is 0 Å². The lowest BCUT2D eigenvalue weighted by molar-refractivity contribution is -0.140. The van der Waals surface area contributed by atoms with E-state index in [-0.39, 0.29) is 11.3 Å². The van der Waals surface area contributed by atoms with Crippen molar-refractivity contribution in [1.82, 2.24) is 9.80 Å². The van der Waals surface area contributed by atoms with Gasteiger partial charge in [-0.2, -0.15) is 0 Å². The molecule has 1 unspecified atom stereocenters. The number of aliphatic hydroxyl groups is 1. The Morgan fingerprint density at radius 2 is 2.10 bits per heavy atom. The normalized spacial score (nSPS) is 20.8. The number of aliphatic hydroxyl groups excluding tert-OH is 1. The highest BCUT2D eigenvalue weighted by atomic mass is 16.5. The van der Waals surface area contributed by atoms with Crippen molar-refractivity contribution in [3.8, 4) is 5.75 Å². The van der Waals surface area contributed by atoms with Crippen LogP contribution in [-0.2, 0) is 16.0 Å². The molecule has 1 fully saturated rings. The minimum absolute atomic E-state index is 0.0559. The van der Waals surface area contributed by atoms with E-state index in [1.54, 1.807) is 24.3 Å². The van der Waals surface area contributed by atoms with E-state index in [4.69, 9.17) is 9.15 Å². The molecule has 4 rings (SSSR count). The fourth-order valence-electron chi connectivity index (χ4n) is 3.82.